The Morgan fingerprint density at radius 2 is 2.32 bits per heavy atom. The molecular weight excluding hydrogens is 270 g/mol. The maximum atomic E-state index is 10.9. The van der Waals surface area contributed by atoms with E-state index in [4.69, 9.17) is 11.6 Å². The minimum atomic E-state index is -0.454. The van der Waals surface area contributed by atoms with Gasteiger partial charge in [-0.3, -0.25) is 15.2 Å². The predicted molar refractivity (Wildman–Crippen MR) is 71.3 cm³/mol. The molecule has 0 bridgehead atoms. The molecule has 0 saturated heterocycles. The van der Waals surface area contributed by atoms with E-state index in [9.17, 15) is 10.1 Å². The zero-order chi connectivity index (χ0) is 13.7. The Morgan fingerprint density at radius 3 is 3.00 bits per heavy atom. The summed E-state index contributed by atoms with van der Waals surface area (Å²) in [5.41, 5.74) is 0.332. The molecule has 0 atom stereocenters. The second-order valence-electron chi connectivity index (χ2n) is 3.85. The maximum Gasteiger partial charge on any atom is 0.293 e. The lowest BCUT2D eigenvalue weighted by Crippen LogP contribution is -2.06. The fraction of sp³-hybridized carbons (Fsp3) is 0.273. The summed E-state index contributed by atoms with van der Waals surface area (Å²) in [7, 11) is 0. The highest BCUT2D eigenvalue weighted by Gasteiger charge is 2.15. The van der Waals surface area contributed by atoms with Crippen molar-refractivity contribution in [1.29, 1.82) is 0 Å². The standard InChI is InChI=1S/C11H12ClN5O2/c12-8-3-1-4-9(17(18)19)11(8)13-6-2-5-10-14-7-15-16-10/h1,3-4,7,13H,2,5-6H2,(H,14,15,16). The van der Waals surface area contributed by atoms with Crippen LogP contribution in [0.4, 0.5) is 11.4 Å². The Balaban J connectivity index is 1.93. The van der Waals surface area contributed by atoms with Crippen LogP contribution in [0.5, 0.6) is 0 Å². The molecule has 1 heterocycles. The van der Waals surface area contributed by atoms with Crippen molar-refractivity contribution >= 4 is 23.0 Å². The molecule has 0 saturated carbocycles. The average Bonchev–Trinajstić information content (AvgIpc) is 2.88. The summed E-state index contributed by atoms with van der Waals surface area (Å²) in [5.74, 6) is 0.787. The van der Waals surface area contributed by atoms with Gasteiger partial charge in [-0.15, -0.1) is 0 Å². The van der Waals surface area contributed by atoms with E-state index in [1.54, 1.807) is 12.1 Å². The molecule has 0 amide bonds. The van der Waals surface area contributed by atoms with Gasteiger partial charge in [-0.25, -0.2) is 4.98 Å². The third-order valence-electron chi connectivity index (χ3n) is 2.55. The van der Waals surface area contributed by atoms with Crippen molar-refractivity contribution in [2.45, 2.75) is 12.8 Å². The number of hydrogen-bond acceptors (Lipinski definition) is 5. The van der Waals surface area contributed by atoms with Gasteiger partial charge in [0.1, 0.15) is 17.8 Å². The fourth-order valence-electron chi connectivity index (χ4n) is 1.66. The second kappa shape index (κ2) is 6.14. The molecule has 1 aromatic heterocycles. The number of anilines is 1. The first kappa shape index (κ1) is 13.3. The van der Waals surface area contributed by atoms with Crippen LogP contribution in [0.15, 0.2) is 24.5 Å². The van der Waals surface area contributed by atoms with Crippen LogP contribution in [-0.4, -0.2) is 26.6 Å². The normalized spacial score (nSPS) is 10.4. The van der Waals surface area contributed by atoms with Crippen LogP contribution in [0.2, 0.25) is 5.02 Å². The lowest BCUT2D eigenvalue weighted by Gasteiger charge is -2.08. The molecule has 2 N–H and O–H groups in total. The first-order valence-electron chi connectivity index (χ1n) is 5.69. The number of halogens is 1. The van der Waals surface area contributed by atoms with E-state index >= 15 is 0 Å². The topological polar surface area (TPSA) is 96.7 Å². The summed E-state index contributed by atoms with van der Waals surface area (Å²) in [6.07, 6.45) is 2.92. The van der Waals surface area contributed by atoms with E-state index < -0.39 is 4.92 Å². The Bertz CT molecular complexity index is 558. The van der Waals surface area contributed by atoms with E-state index in [1.165, 1.54) is 12.4 Å². The third-order valence-corrected chi connectivity index (χ3v) is 2.86. The van der Waals surface area contributed by atoms with Crippen LogP contribution in [0, 0.1) is 10.1 Å². The number of para-hydroxylation sites is 1. The first-order chi connectivity index (χ1) is 9.18. The van der Waals surface area contributed by atoms with Gasteiger partial charge in [-0.05, 0) is 12.5 Å². The monoisotopic (exact) mass is 281 g/mol. The number of H-pyrrole nitrogens is 1. The lowest BCUT2D eigenvalue weighted by atomic mass is 10.2. The fourth-order valence-corrected chi connectivity index (χ4v) is 1.90. The largest absolute Gasteiger partial charge is 0.378 e. The molecule has 1 aromatic carbocycles. The lowest BCUT2D eigenvalue weighted by molar-refractivity contribution is -0.383. The molecule has 0 aliphatic carbocycles. The molecule has 0 aliphatic rings. The maximum absolute atomic E-state index is 10.9. The van der Waals surface area contributed by atoms with Gasteiger partial charge in [0.05, 0.1) is 9.95 Å². The van der Waals surface area contributed by atoms with Crippen molar-refractivity contribution in [2.75, 3.05) is 11.9 Å². The molecule has 0 aliphatic heterocycles. The summed E-state index contributed by atoms with van der Waals surface area (Å²) >= 11 is 5.96. The molecule has 100 valence electrons. The number of aryl methyl sites for hydroxylation is 1. The predicted octanol–water partition coefficient (Wildman–Crippen LogP) is 2.41. The number of nitrogens with zero attached hydrogens (tertiary/aromatic N) is 3. The number of hydrogen-bond donors (Lipinski definition) is 2. The Labute approximate surface area is 114 Å². The van der Waals surface area contributed by atoms with Crippen LogP contribution in [0.1, 0.15) is 12.2 Å². The van der Waals surface area contributed by atoms with Gasteiger partial charge in [-0.1, -0.05) is 17.7 Å². The Morgan fingerprint density at radius 1 is 1.47 bits per heavy atom. The van der Waals surface area contributed by atoms with Crippen LogP contribution >= 0.6 is 11.6 Å². The average molecular weight is 282 g/mol. The van der Waals surface area contributed by atoms with Crippen LogP contribution in [0.3, 0.4) is 0 Å². The quantitative estimate of drug-likeness (QED) is 0.481. The minimum Gasteiger partial charge on any atom is -0.378 e. The van der Waals surface area contributed by atoms with Gasteiger partial charge in [0.15, 0.2) is 0 Å². The number of aromatic nitrogens is 3. The van der Waals surface area contributed by atoms with Gasteiger partial charge in [0, 0.05) is 19.0 Å². The third kappa shape index (κ3) is 3.41. The number of benzene rings is 1. The van der Waals surface area contributed by atoms with Crippen molar-refractivity contribution in [2.24, 2.45) is 0 Å². The SMILES string of the molecule is O=[N+]([O-])c1cccc(Cl)c1NCCCc1ncn[nH]1. The number of rotatable bonds is 6. The molecule has 19 heavy (non-hydrogen) atoms. The highest BCUT2D eigenvalue weighted by molar-refractivity contribution is 6.33. The minimum absolute atomic E-state index is 0.0211. The molecule has 2 rings (SSSR count). The molecule has 8 heteroatoms. The summed E-state index contributed by atoms with van der Waals surface area (Å²) in [4.78, 5) is 14.4. The van der Waals surface area contributed by atoms with E-state index in [-0.39, 0.29) is 5.69 Å². The van der Waals surface area contributed by atoms with Gasteiger partial charge < -0.3 is 5.32 Å². The number of aromatic amines is 1. The number of nitro groups is 1. The van der Waals surface area contributed by atoms with Gasteiger partial charge >= 0.3 is 0 Å². The summed E-state index contributed by atoms with van der Waals surface area (Å²) in [6.45, 7) is 0.561. The number of nitro benzene ring substituents is 1. The van der Waals surface area contributed by atoms with Gasteiger partial charge in [-0.2, -0.15) is 5.10 Å². The van der Waals surface area contributed by atoms with Crippen molar-refractivity contribution in [3.05, 3.63) is 45.5 Å². The van der Waals surface area contributed by atoms with Crippen LogP contribution in [0.25, 0.3) is 0 Å². The van der Waals surface area contributed by atoms with E-state index in [1.807, 2.05) is 0 Å². The van der Waals surface area contributed by atoms with E-state index in [0.717, 1.165) is 12.2 Å². The van der Waals surface area contributed by atoms with E-state index in [2.05, 4.69) is 20.5 Å². The van der Waals surface area contributed by atoms with Crippen molar-refractivity contribution in [3.8, 4) is 0 Å². The van der Waals surface area contributed by atoms with Crippen LogP contribution in [-0.2, 0) is 6.42 Å². The smallest absolute Gasteiger partial charge is 0.293 e. The molecule has 0 fully saturated rings. The zero-order valence-corrected chi connectivity index (χ0v) is 10.7. The highest BCUT2D eigenvalue weighted by atomic mass is 35.5. The molecule has 0 unspecified atom stereocenters. The van der Waals surface area contributed by atoms with Gasteiger partial charge in [0.25, 0.3) is 5.69 Å². The summed E-state index contributed by atoms with van der Waals surface area (Å²) in [5, 5.41) is 20.7. The molecule has 0 spiro atoms. The molecule has 0 radical (unpaired) electrons. The molecule has 2 aromatic rings. The zero-order valence-electron chi connectivity index (χ0n) is 9.97. The molecular formula is C11H12ClN5O2. The van der Waals surface area contributed by atoms with Crippen LogP contribution < -0.4 is 5.32 Å². The van der Waals surface area contributed by atoms with Gasteiger partial charge in [0.2, 0.25) is 0 Å². The summed E-state index contributed by atoms with van der Waals surface area (Å²) in [6, 6.07) is 4.60. The summed E-state index contributed by atoms with van der Waals surface area (Å²) < 4.78 is 0. The van der Waals surface area contributed by atoms with Crippen molar-refractivity contribution in [3.63, 3.8) is 0 Å². The van der Waals surface area contributed by atoms with E-state index in [0.29, 0.717) is 23.7 Å². The Kier molecular flexibility index (Phi) is 4.30. The first-order valence-corrected chi connectivity index (χ1v) is 6.07. The highest BCUT2D eigenvalue weighted by Crippen LogP contribution is 2.31. The molecule has 7 nitrogen and oxygen atoms in total. The van der Waals surface area contributed by atoms with Crippen molar-refractivity contribution in [1.82, 2.24) is 15.2 Å². The Hall–Kier alpha value is -2.15. The number of nitrogens with one attached hydrogen (secondary N) is 2. The second-order valence-corrected chi connectivity index (χ2v) is 4.26. The van der Waals surface area contributed by atoms with Crippen molar-refractivity contribution < 1.29 is 4.92 Å².